The number of nitrogens with zero attached hydrogens (tertiary/aromatic N) is 4. The Morgan fingerprint density at radius 1 is 1.25 bits per heavy atom. The quantitative estimate of drug-likeness (QED) is 0.834. The minimum atomic E-state index is 0.445. The molecule has 0 radical (unpaired) electrons. The Kier molecular flexibility index (Phi) is 5.17. The zero-order valence-corrected chi connectivity index (χ0v) is 12.3. The summed E-state index contributed by atoms with van der Waals surface area (Å²) >= 11 is 0. The van der Waals surface area contributed by atoms with Gasteiger partial charge in [0.15, 0.2) is 0 Å². The molecule has 0 aliphatic rings. The molecule has 6 nitrogen and oxygen atoms in total. The Bertz CT molecular complexity index is 523. The fourth-order valence-corrected chi connectivity index (χ4v) is 1.79. The van der Waals surface area contributed by atoms with Gasteiger partial charge in [-0.1, -0.05) is 12.1 Å². The van der Waals surface area contributed by atoms with Crippen LogP contribution in [-0.4, -0.2) is 32.7 Å². The largest absolute Gasteiger partial charge is 0.339 e. The van der Waals surface area contributed by atoms with Crippen LogP contribution in [-0.2, 0) is 6.42 Å². The summed E-state index contributed by atoms with van der Waals surface area (Å²) in [5, 5.41) is 7.36. The van der Waals surface area contributed by atoms with Gasteiger partial charge in [-0.2, -0.15) is 4.98 Å². The molecule has 0 saturated heterocycles. The Morgan fingerprint density at radius 3 is 2.70 bits per heavy atom. The predicted molar refractivity (Wildman–Crippen MR) is 76.1 cm³/mol. The average molecular weight is 275 g/mol. The van der Waals surface area contributed by atoms with E-state index in [1.165, 1.54) is 0 Å². The summed E-state index contributed by atoms with van der Waals surface area (Å²) in [6, 6.07) is 0.445. The maximum Gasteiger partial charge on any atom is 0.240 e. The summed E-state index contributed by atoms with van der Waals surface area (Å²) in [5.74, 6) is 1.59. The van der Waals surface area contributed by atoms with Crippen molar-refractivity contribution in [2.75, 3.05) is 6.54 Å². The topological polar surface area (TPSA) is 76.7 Å². The Balaban J connectivity index is 1.90. The monoisotopic (exact) mass is 275 g/mol. The normalized spacial score (nSPS) is 12.6. The average Bonchev–Trinajstić information content (AvgIpc) is 2.92. The summed E-state index contributed by atoms with van der Waals surface area (Å²) < 4.78 is 5.24. The minimum Gasteiger partial charge on any atom is -0.339 e. The van der Waals surface area contributed by atoms with Gasteiger partial charge < -0.3 is 9.84 Å². The smallest absolute Gasteiger partial charge is 0.240 e. The van der Waals surface area contributed by atoms with Crippen molar-refractivity contribution < 1.29 is 4.52 Å². The third kappa shape index (κ3) is 4.09. The molecule has 1 N–H and O–H groups in total. The standard InChI is InChI=1S/C14H21N5O/c1-4-7-15-11(3)5-6-12-18-14(19-20-12)13-16-8-10(2)9-17-13/h8-9,11,15H,4-7H2,1-3H3. The van der Waals surface area contributed by atoms with E-state index in [-0.39, 0.29) is 0 Å². The third-order valence-electron chi connectivity index (χ3n) is 2.98. The molecule has 0 amide bonds. The van der Waals surface area contributed by atoms with E-state index in [2.05, 4.69) is 39.3 Å². The first kappa shape index (κ1) is 14.6. The second-order valence-corrected chi connectivity index (χ2v) is 4.99. The molecule has 108 valence electrons. The molecule has 0 saturated carbocycles. The summed E-state index contributed by atoms with van der Waals surface area (Å²) in [5.41, 5.74) is 1.01. The van der Waals surface area contributed by atoms with Crippen LogP contribution in [0.5, 0.6) is 0 Å². The van der Waals surface area contributed by atoms with Crippen molar-refractivity contribution in [2.24, 2.45) is 0 Å². The first-order chi connectivity index (χ1) is 9.69. The van der Waals surface area contributed by atoms with Gasteiger partial charge in [0.1, 0.15) is 0 Å². The number of rotatable bonds is 7. The number of aromatic nitrogens is 4. The van der Waals surface area contributed by atoms with Gasteiger partial charge in [-0.3, -0.25) is 0 Å². The lowest BCUT2D eigenvalue weighted by Crippen LogP contribution is -2.27. The Morgan fingerprint density at radius 2 is 2.00 bits per heavy atom. The zero-order chi connectivity index (χ0) is 14.4. The molecule has 2 aromatic rings. The van der Waals surface area contributed by atoms with Crippen LogP contribution in [0.4, 0.5) is 0 Å². The highest BCUT2D eigenvalue weighted by atomic mass is 16.5. The van der Waals surface area contributed by atoms with Crippen LogP contribution in [0.25, 0.3) is 11.6 Å². The molecule has 0 aromatic carbocycles. The molecule has 0 spiro atoms. The van der Waals surface area contributed by atoms with Gasteiger partial charge in [-0.25, -0.2) is 9.97 Å². The molecule has 2 rings (SSSR count). The minimum absolute atomic E-state index is 0.445. The maximum atomic E-state index is 5.24. The van der Waals surface area contributed by atoms with Crippen molar-refractivity contribution in [3.05, 3.63) is 23.8 Å². The van der Waals surface area contributed by atoms with E-state index in [0.29, 0.717) is 23.6 Å². The lowest BCUT2D eigenvalue weighted by molar-refractivity contribution is 0.367. The van der Waals surface area contributed by atoms with Crippen molar-refractivity contribution in [1.29, 1.82) is 0 Å². The van der Waals surface area contributed by atoms with Gasteiger partial charge in [0, 0.05) is 24.9 Å². The number of aryl methyl sites for hydroxylation is 2. The highest BCUT2D eigenvalue weighted by Crippen LogP contribution is 2.11. The second kappa shape index (κ2) is 7.09. The lowest BCUT2D eigenvalue weighted by Gasteiger charge is -2.10. The van der Waals surface area contributed by atoms with Crippen molar-refractivity contribution >= 4 is 0 Å². The van der Waals surface area contributed by atoms with Crippen LogP contribution in [0.15, 0.2) is 16.9 Å². The van der Waals surface area contributed by atoms with Crippen LogP contribution in [0.2, 0.25) is 0 Å². The van der Waals surface area contributed by atoms with Gasteiger partial charge in [0.25, 0.3) is 0 Å². The van der Waals surface area contributed by atoms with E-state index in [1.807, 2.05) is 6.92 Å². The molecule has 0 aliphatic heterocycles. The first-order valence-electron chi connectivity index (χ1n) is 7.04. The maximum absolute atomic E-state index is 5.24. The molecule has 2 aromatic heterocycles. The molecule has 0 fully saturated rings. The van der Waals surface area contributed by atoms with Crippen molar-refractivity contribution in [3.63, 3.8) is 0 Å². The number of hydrogen-bond donors (Lipinski definition) is 1. The van der Waals surface area contributed by atoms with E-state index < -0.39 is 0 Å². The molecule has 0 bridgehead atoms. The van der Waals surface area contributed by atoms with Crippen LogP contribution >= 0.6 is 0 Å². The van der Waals surface area contributed by atoms with E-state index in [1.54, 1.807) is 12.4 Å². The van der Waals surface area contributed by atoms with Crippen molar-refractivity contribution in [3.8, 4) is 11.6 Å². The molecule has 6 heteroatoms. The molecule has 2 heterocycles. The summed E-state index contributed by atoms with van der Waals surface area (Å²) in [6.45, 7) is 7.30. The van der Waals surface area contributed by atoms with Gasteiger partial charge in [-0.05, 0) is 38.8 Å². The number of hydrogen-bond acceptors (Lipinski definition) is 6. The molecule has 1 unspecified atom stereocenters. The van der Waals surface area contributed by atoms with E-state index in [4.69, 9.17) is 4.52 Å². The molecule has 1 atom stereocenters. The molecular formula is C14H21N5O. The van der Waals surface area contributed by atoms with Crippen molar-refractivity contribution in [2.45, 2.75) is 46.1 Å². The van der Waals surface area contributed by atoms with Gasteiger partial charge in [0.2, 0.25) is 17.5 Å². The Hall–Kier alpha value is -1.82. The second-order valence-electron chi connectivity index (χ2n) is 4.99. The van der Waals surface area contributed by atoms with Gasteiger partial charge in [-0.15, -0.1) is 0 Å². The van der Waals surface area contributed by atoms with Gasteiger partial charge >= 0.3 is 0 Å². The zero-order valence-electron chi connectivity index (χ0n) is 12.3. The lowest BCUT2D eigenvalue weighted by atomic mass is 10.2. The fraction of sp³-hybridized carbons (Fsp3) is 0.571. The first-order valence-corrected chi connectivity index (χ1v) is 7.04. The van der Waals surface area contributed by atoms with Crippen molar-refractivity contribution in [1.82, 2.24) is 25.4 Å². The highest BCUT2D eigenvalue weighted by molar-refractivity contribution is 5.40. The molecular weight excluding hydrogens is 254 g/mol. The summed E-state index contributed by atoms with van der Waals surface area (Å²) in [6.07, 6.45) is 6.36. The van der Waals surface area contributed by atoms with Crippen LogP contribution in [0.1, 0.15) is 38.1 Å². The van der Waals surface area contributed by atoms with E-state index >= 15 is 0 Å². The van der Waals surface area contributed by atoms with Crippen LogP contribution in [0, 0.1) is 6.92 Å². The predicted octanol–water partition coefficient (Wildman–Crippen LogP) is 2.16. The summed E-state index contributed by atoms with van der Waals surface area (Å²) in [4.78, 5) is 12.7. The molecule has 0 aliphatic carbocycles. The van der Waals surface area contributed by atoms with Crippen LogP contribution < -0.4 is 5.32 Å². The Labute approximate surface area is 119 Å². The highest BCUT2D eigenvalue weighted by Gasteiger charge is 2.11. The SMILES string of the molecule is CCCNC(C)CCc1nc(-c2ncc(C)cn2)no1. The third-order valence-corrected chi connectivity index (χ3v) is 2.98. The molecule has 20 heavy (non-hydrogen) atoms. The van der Waals surface area contributed by atoms with E-state index in [0.717, 1.165) is 31.4 Å². The van der Waals surface area contributed by atoms with E-state index in [9.17, 15) is 0 Å². The van der Waals surface area contributed by atoms with Gasteiger partial charge in [0.05, 0.1) is 0 Å². The van der Waals surface area contributed by atoms with Crippen LogP contribution in [0.3, 0.4) is 0 Å². The fourth-order valence-electron chi connectivity index (χ4n) is 1.79. The summed E-state index contributed by atoms with van der Waals surface area (Å²) in [7, 11) is 0. The number of nitrogens with one attached hydrogen (secondary N) is 1.